The van der Waals surface area contributed by atoms with Crippen molar-refractivity contribution in [2.75, 3.05) is 0 Å². The normalized spacial score (nSPS) is 34.0. The molecule has 1 rings (SSSR count). The Bertz CT molecular complexity index is 150. The first-order valence-corrected chi connectivity index (χ1v) is 3.43. The van der Waals surface area contributed by atoms with Crippen molar-refractivity contribution in [2.24, 2.45) is 0 Å². The number of hydrogen-bond donors (Lipinski definition) is 1. The monoisotopic (exact) mass is 126 g/mol. The molecule has 1 nitrogen and oxygen atoms in total. The van der Waals surface area contributed by atoms with E-state index in [0.29, 0.717) is 0 Å². The van der Waals surface area contributed by atoms with Crippen LogP contribution < -0.4 is 0 Å². The number of aliphatic hydroxyl groups is 1. The molecule has 52 valence electrons. The van der Waals surface area contributed by atoms with E-state index in [1.807, 2.05) is 6.92 Å². The topological polar surface area (TPSA) is 20.2 Å². The average Bonchev–Trinajstić information content (AvgIpc) is 1.62. The van der Waals surface area contributed by atoms with Gasteiger partial charge in [-0.15, -0.1) is 0 Å². The third-order valence-corrected chi connectivity index (χ3v) is 2.12. The van der Waals surface area contributed by atoms with Crippen molar-refractivity contribution in [2.45, 2.75) is 39.2 Å². The van der Waals surface area contributed by atoms with Crippen molar-refractivity contribution in [1.82, 2.24) is 0 Å². The Kier molecular flexibility index (Phi) is 1.39. The Hall–Kier alpha value is -0.300. The number of allylic oxidation sites excluding steroid dienone is 1. The molecule has 1 fully saturated rings. The van der Waals surface area contributed by atoms with Crippen molar-refractivity contribution in [3.8, 4) is 0 Å². The Morgan fingerprint density at radius 2 is 2.11 bits per heavy atom. The minimum atomic E-state index is -0.459. The third kappa shape index (κ3) is 1.01. The van der Waals surface area contributed by atoms with Gasteiger partial charge in [0.15, 0.2) is 0 Å². The summed E-state index contributed by atoms with van der Waals surface area (Å²) in [4.78, 5) is 0. The molecule has 0 saturated heterocycles. The predicted molar refractivity (Wildman–Crippen MR) is 38.2 cm³/mol. The number of hydrogen-bond acceptors (Lipinski definition) is 1. The lowest BCUT2D eigenvalue weighted by molar-refractivity contribution is 0.0443. The van der Waals surface area contributed by atoms with Crippen molar-refractivity contribution in [3.63, 3.8) is 0 Å². The molecule has 0 heterocycles. The maximum atomic E-state index is 9.49. The van der Waals surface area contributed by atoms with Gasteiger partial charge in [0.1, 0.15) is 0 Å². The molecule has 0 radical (unpaired) electrons. The zero-order chi connectivity index (χ0) is 7.07. The van der Waals surface area contributed by atoms with Crippen molar-refractivity contribution < 1.29 is 5.11 Å². The maximum absolute atomic E-state index is 9.49. The molecule has 1 saturated carbocycles. The van der Waals surface area contributed by atoms with Crippen LogP contribution in [0.1, 0.15) is 33.6 Å². The zero-order valence-corrected chi connectivity index (χ0v) is 6.36. The standard InChI is InChI=1S/C8H14O/c1-6(2)7-4-5-8(7,3)9/h9H,4-5H2,1-3H3. The Morgan fingerprint density at radius 1 is 1.56 bits per heavy atom. The van der Waals surface area contributed by atoms with Gasteiger partial charge in [-0.1, -0.05) is 5.57 Å². The van der Waals surface area contributed by atoms with E-state index in [2.05, 4.69) is 13.8 Å². The van der Waals surface area contributed by atoms with Crippen molar-refractivity contribution in [1.29, 1.82) is 0 Å². The lowest BCUT2D eigenvalue weighted by atomic mass is 9.74. The fourth-order valence-electron chi connectivity index (χ4n) is 1.40. The second-order valence-electron chi connectivity index (χ2n) is 3.25. The highest BCUT2D eigenvalue weighted by Gasteiger charge is 2.35. The van der Waals surface area contributed by atoms with E-state index in [1.165, 1.54) is 11.1 Å². The smallest absolute Gasteiger partial charge is 0.0834 e. The average molecular weight is 126 g/mol. The van der Waals surface area contributed by atoms with Crippen LogP contribution in [0, 0.1) is 0 Å². The van der Waals surface area contributed by atoms with Gasteiger partial charge in [0.05, 0.1) is 5.60 Å². The van der Waals surface area contributed by atoms with E-state index in [-0.39, 0.29) is 0 Å². The second kappa shape index (κ2) is 1.84. The molecule has 9 heavy (non-hydrogen) atoms. The van der Waals surface area contributed by atoms with Gasteiger partial charge in [0, 0.05) is 0 Å². The van der Waals surface area contributed by atoms with Gasteiger partial charge >= 0.3 is 0 Å². The Morgan fingerprint density at radius 3 is 2.11 bits per heavy atom. The molecular weight excluding hydrogens is 112 g/mol. The van der Waals surface area contributed by atoms with Gasteiger partial charge in [-0.25, -0.2) is 0 Å². The predicted octanol–water partition coefficient (Wildman–Crippen LogP) is 1.87. The van der Waals surface area contributed by atoms with Crippen LogP contribution in [0.3, 0.4) is 0 Å². The molecule has 0 aliphatic heterocycles. The summed E-state index contributed by atoms with van der Waals surface area (Å²) in [6.45, 7) is 6.00. The molecule has 1 heteroatoms. The van der Waals surface area contributed by atoms with E-state index in [4.69, 9.17) is 0 Å². The summed E-state index contributed by atoms with van der Waals surface area (Å²) in [6, 6.07) is 0. The molecular formula is C8H14O. The molecule has 0 aromatic rings. The minimum Gasteiger partial charge on any atom is -0.386 e. The van der Waals surface area contributed by atoms with Crippen LogP contribution in [-0.2, 0) is 0 Å². The van der Waals surface area contributed by atoms with Gasteiger partial charge in [0.25, 0.3) is 0 Å². The molecule has 0 amide bonds. The van der Waals surface area contributed by atoms with Gasteiger partial charge in [-0.2, -0.15) is 0 Å². The fourth-order valence-corrected chi connectivity index (χ4v) is 1.40. The summed E-state index contributed by atoms with van der Waals surface area (Å²) in [6.07, 6.45) is 2.03. The van der Waals surface area contributed by atoms with Crippen LogP contribution >= 0.6 is 0 Å². The highest BCUT2D eigenvalue weighted by atomic mass is 16.3. The zero-order valence-electron chi connectivity index (χ0n) is 6.36. The first-order valence-electron chi connectivity index (χ1n) is 3.43. The summed E-state index contributed by atoms with van der Waals surface area (Å²) < 4.78 is 0. The fraction of sp³-hybridized carbons (Fsp3) is 0.750. The molecule has 1 aliphatic rings. The van der Waals surface area contributed by atoms with E-state index < -0.39 is 5.60 Å². The summed E-state index contributed by atoms with van der Waals surface area (Å²) in [5.74, 6) is 0. The quantitative estimate of drug-likeness (QED) is 0.491. The first-order chi connectivity index (χ1) is 4.04. The molecule has 1 unspecified atom stereocenters. The van der Waals surface area contributed by atoms with Crippen molar-refractivity contribution >= 4 is 0 Å². The summed E-state index contributed by atoms with van der Waals surface area (Å²) in [5, 5.41) is 9.49. The summed E-state index contributed by atoms with van der Waals surface area (Å²) in [5.41, 5.74) is 2.06. The van der Waals surface area contributed by atoms with E-state index in [0.717, 1.165) is 12.8 Å². The SMILES string of the molecule is CC(C)=C1CCC1(C)O. The second-order valence-corrected chi connectivity index (χ2v) is 3.25. The van der Waals surface area contributed by atoms with Crippen LogP contribution in [0.2, 0.25) is 0 Å². The largest absolute Gasteiger partial charge is 0.386 e. The summed E-state index contributed by atoms with van der Waals surface area (Å²) >= 11 is 0. The van der Waals surface area contributed by atoms with Gasteiger partial charge in [-0.05, 0) is 39.2 Å². The Labute approximate surface area is 56.4 Å². The van der Waals surface area contributed by atoms with Crippen molar-refractivity contribution in [3.05, 3.63) is 11.1 Å². The number of rotatable bonds is 0. The van der Waals surface area contributed by atoms with E-state index in [9.17, 15) is 5.11 Å². The molecule has 0 bridgehead atoms. The highest BCUT2D eigenvalue weighted by Crippen LogP contribution is 2.39. The van der Waals surface area contributed by atoms with Crippen LogP contribution in [0.25, 0.3) is 0 Å². The van der Waals surface area contributed by atoms with Crippen LogP contribution in [0.4, 0.5) is 0 Å². The van der Waals surface area contributed by atoms with Crippen LogP contribution in [-0.4, -0.2) is 10.7 Å². The first kappa shape index (κ1) is 6.81. The molecule has 1 atom stereocenters. The molecule has 1 N–H and O–H groups in total. The third-order valence-electron chi connectivity index (χ3n) is 2.12. The molecule has 0 aromatic carbocycles. The Balaban J connectivity index is 2.77. The maximum Gasteiger partial charge on any atom is 0.0834 e. The van der Waals surface area contributed by atoms with E-state index >= 15 is 0 Å². The molecule has 0 spiro atoms. The lowest BCUT2D eigenvalue weighted by Gasteiger charge is -2.37. The van der Waals surface area contributed by atoms with Crippen LogP contribution in [0.15, 0.2) is 11.1 Å². The van der Waals surface area contributed by atoms with Gasteiger partial charge in [-0.3, -0.25) is 0 Å². The van der Waals surface area contributed by atoms with Gasteiger partial charge in [0.2, 0.25) is 0 Å². The lowest BCUT2D eigenvalue weighted by Crippen LogP contribution is -2.36. The van der Waals surface area contributed by atoms with Gasteiger partial charge < -0.3 is 5.11 Å². The van der Waals surface area contributed by atoms with E-state index in [1.54, 1.807) is 0 Å². The summed E-state index contributed by atoms with van der Waals surface area (Å²) in [7, 11) is 0. The van der Waals surface area contributed by atoms with Crippen LogP contribution in [0.5, 0.6) is 0 Å². The highest BCUT2D eigenvalue weighted by molar-refractivity contribution is 5.27. The minimum absolute atomic E-state index is 0.459. The molecule has 0 aromatic heterocycles. The molecule has 1 aliphatic carbocycles.